The van der Waals surface area contributed by atoms with Gasteiger partial charge in [-0.2, -0.15) is 0 Å². The van der Waals surface area contributed by atoms with Crippen LogP contribution in [0.4, 0.5) is 0 Å². The van der Waals surface area contributed by atoms with Gasteiger partial charge in [-0.15, -0.1) is 0 Å². The highest BCUT2D eigenvalue weighted by Crippen LogP contribution is 2.38. The molecule has 0 aliphatic heterocycles. The molecular weight excluding hydrogens is 930 g/mol. The van der Waals surface area contributed by atoms with Crippen LogP contribution in [-0.2, 0) is 32.7 Å². The van der Waals surface area contributed by atoms with Gasteiger partial charge in [0.1, 0.15) is 19.8 Å². The summed E-state index contributed by atoms with van der Waals surface area (Å²) < 4.78 is 34.2. The number of nitrogens with zero attached hydrogens (tertiary/aromatic N) is 1. The molecule has 0 aliphatic carbocycles. The SMILES string of the molecule is CCCCCCC/C=C\C/C=C\C/C=C\CCCCCCCCCCCCCCCCCCC(=O)OC(COC(=O)CCCCCCCCCCCCCCCCCCCC)COP(=O)([O-])OCC[N+](C)(C)C. The summed E-state index contributed by atoms with van der Waals surface area (Å²) in [5.41, 5.74) is 0. The standard InChI is InChI=1S/C63H120NO8P/c1-6-8-10-12-14-16-18-20-22-24-26-27-28-29-30-31-32-33-34-35-36-37-38-40-42-44-46-48-50-52-54-56-63(66)72-61(60-71-73(67,68)70-58-57-64(3,4)5)59-69-62(65)55-53-51-49-47-45-43-41-39-25-23-21-19-17-15-13-11-9-7-2/h18,20,24,26,28-29,61H,6-17,19,21-23,25,27,30-60H2,1-5H3/b20-18-,26-24-,29-28-. The summed E-state index contributed by atoms with van der Waals surface area (Å²) in [7, 11) is 1.18. The molecule has 0 fully saturated rings. The lowest BCUT2D eigenvalue weighted by molar-refractivity contribution is -0.870. The van der Waals surface area contributed by atoms with Crippen molar-refractivity contribution < 1.29 is 42.1 Å². The fraction of sp³-hybridized carbons (Fsp3) is 0.873. The van der Waals surface area contributed by atoms with E-state index < -0.39 is 26.5 Å². The smallest absolute Gasteiger partial charge is 0.306 e. The van der Waals surface area contributed by atoms with Gasteiger partial charge in [-0.05, 0) is 51.4 Å². The first kappa shape index (κ1) is 71.2. The summed E-state index contributed by atoms with van der Waals surface area (Å²) in [6.45, 7) is 4.28. The Morgan fingerprint density at radius 3 is 1.10 bits per heavy atom. The van der Waals surface area contributed by atoms with E-state index in [-0.39, 0.29) is 32.0 Å². The summed E-state index contributed by atoms with van der Waals surface area (Å²) in [5, 5.41) is 0. The van der Waals surface area contributed by atoms with Crippen molar-refractivity contribution in [3.63, 3.8) is 0 Å². The zero-order valence-corrected chi connectivity index (χ0v) is 49.7. The highest BCUT2D eigenvalue weighted by molar-refractivity contribution is 7.45. The van der Waals surface area contributed by atoms with E-state index >= 15 is 0 Å². The summed E-state index contributed by atoms with van der Waals surface area (Å²) in [6, 6.07) is 0. The molecule has 0 saturated carbocycles. The monoisotopic (exact) mass is 1050 g/mol. The number of esters is 2. The van der Waals surface area contributed by atoms with Crippen LogP contribution >= 0.6 is 7.82 Å². The van der Waals surface area contributed by atoms with E-state index in [1.807, 2.05) is 21.1 Å². The van der Waals surface area contributed by atoms with Crippen LogP contribution < -0.4 is 4.89 Å². The Bertz CT molecular complexity index is 1330. The maximum atomic E-state index is 12.8. The number of allylic oxidation sites excluding steroid dienone is 6. The van der Waals surface area contributed by atoms with E-state index in [0.29, 0.717) is 17.4 Å². The first-order valence-electron chi connectivity index (χ1n) is 31.2. The lowest BCUT2D eigenvalue weighted by Crippen LogP contribution is -2.37. The molecule has 0 amide bonds. The van der Waals surface area contributed by atoms with Crippen LogP contribution in [0.3, 0.4) is 0 Å². The summed E-state index contributed by atoms with van der Waals surface area (Å²) in [4.78, 5) is 37.9. The van der Waals surface area contributed by atoms with E-state index in [9.17, 15) is 19.0 Å². The number of hydrogen-bond donors (Lipinski definition) is 0. The second-order valence-electron chi connectivity index (χ2n) is 22.4. The van der Waals surface area contributed by atoms with Crippen LogP contribution in [0.5, 0.6) is 0 Å². The van der Waals surface area contributed by atoms with E-state index in [0.717, 1.165) is 51.4 Å². The number of carbonyl (C=O) groups excluding carboxylic acids is 2. The molecule has 0 heterocycles. The van der Waals surface area contributed by atoms with Crippen LogP contribution in [0.15, 0.2) is 36.5 Å². The quantitative estimate of drug-likeness (QED) is 0.0195. The Morgan fingerprint density at radius 2 is 0.740 bits per heavy atom. The Morgan fingerprint density at radius 1 is 0.425 bits per heavy atom. The van der Waals surface area contributed by atoms with Gasteiger partial charge in [0.05, 0.1) is 27.7 Å². The largest absolute Gasteiger partial charge is 0.756 e. The van der Waals surface area contributed by atoms with E-state index in [1.165, 1.54) is 218 Å². The number of quaternary nitrogens is 1. The summed E-state index contributed by atoms with van der Waals surface area (Å²) in [5.74, 6) is -0.816. The normalized spacial score (nSPS) is 13.5. The molecule has 73 heavy (non-hydrogen) atoms. The fourth-order valence-corrected chi connectivity index (χ4v) is 9.81. The van der Waals surface area contributed by atoms with Gasteiger partial charge in [0, 0.05) is 12.8 Å². The molecule has 430 valence electrons. The van der Waals surface area contributed by atoms with Crippen LogP contribution in [0.2, 0.25) is 0 Å². The van der Waals surface area contributed by atoms with Crippen molar-refractivity contribution in [3.05, 3.63) is 36.5 Å². The lowest BCUT2D eigenvalue weighted by atomic mass is 10.0. The summed E-state index contributed by atoms with van der Waals surface area (Å²) in [6.07, 6.45) is 67.7. The molecule has 0 aromatic rings. The maximum Gasteiger partial charge on any atom is 0.306 e. The second kappa shape index (κ2) is 55.0. The maximum absolute atomic E-state index is 12.8. The third-order valence-electron chi connectivity index (χ3n) is 13.9. The summed E-state index contributed by atoms with van der Waals surface area (Å²) >= 11 is 0. The topological polar surface area (TPSA) is 111 Å². The van der Waals surface area contributed by atoms with Crippen LogP contribution in [-0.4, -0.2) is 70.0 Å². The number of unbranched alkanes of at least 4 members (excludes halogenated alkanes) is 38. The van der Waals surface area contributed by atoms with E-state index in [2.05, 4.69) is 50.3 Å². The van der Waals surface area contributed by atoms with Gasteiger partial charge in [0.2, 0.25) is 0 Å². The minimum absolute atomic E-state index is 0.0283. The molecule has 0 spiro atoms. The third-order valence-corrected chi connectivity index (χ3v) is 14.9. The highest BCUT2D eigenvalue weighted by atomic mass is 31.2. The number of likely N-dealkylation sites (N-methyl/N-ethyl adjacent to an activating group) is 1. The number of ether oxygens (including phenoxy) is 2. The molecule has 9 nitrogen and oxygen atoms in total. The molecule has 0 N–H and O–H groups in total. The molecular formula is C63H120NO8P. The van der Waals surface area contributed by atoms with Gasteiger partial charge in [-0.25, -0.2) is 0 Å². The van der Waals surface area contributed by atoms with Crippen molar-refractivity contribution in [1.29, 1.82) is 0 Å². The zero-order valence-electron chi connectivity index (χ0n) is 48.9. The molecule has 0 rings (SSSR count). The molecule has 10 heteroatoms. The highest BCUT2D eigenvalue weighted by Gasteiger charge is 2.22. The average Bonchev–Trinajstić information content (AvgIpc) is 3.35. The lowest BCUT2D eigenvalue weighted by Gasteiger charge is -2.28. The molecule has 2 atom stereocenters. The number of hydrogen-bond acceptors (Lipinski definition) is 8. The number of phosphoric ester groups is 1. The van der Waals surface area contributed by atoms with E-state index in [1.54, 1.807) is 0 Å². The molecule has 2 unspecified atom stereocenters. The van der Waals surface area contributed by atoms with Gasteiger partial charge in [0.25, 0.3) is 7.82 Å². The molecule has 0 bridgehead atoms. The molecule has 0 aromatic heterocycles. The molecule has 0 aromatic carbocycles. The van der Waals surface area contributed by atoms with Crippen molar-refractivity contribution >= 4 is 19.8 Å². The van der Waals surface area contributed by atoms with Gasteiger partial charge >= 0.3 is 11.9 Å². The van der Waals surface area contributed by atoms with Gasteiger partial charge in [-0.1, -0.05) is 275 Å². The van der Waals surface area contributed by atoms with Gasteiger partial charge in [0.15, 0.2) is 6.10 Å². The predicted octanol–water partition coefficient (Wildman–Crippen LogP) is 18.9. The molecule has 0 aliphatic rings. The van der Waals surface area contributed by atoms with Gasteiger partial charge < -0.3 is 27.9 Å². The van der Waals surface area contributed by atoms with Crippen molar-refractivity contribution in [3.8, 4) is 0 Å². The van der Waals surface area contributed by atoms with Crippen molar-refractivity contribution in [2.24, 2.45) is 0 Å². The van der Waals surface area contributed by atoms with Crippen molar-refractivity contribution in [2.45, 2.75) is 309 Å². The first-order valence-corrected chi connectivity index (χ1v) is 32.7. The fourth-order valence-electron chi connectivity index (χ4n) is 9.08. The number of rotatable bonds is 58. The predicted molar refractivity (Wildman–Crippen MR) is 310 cm³/mol. The van der Waals surface area contributed by atoms with Crippen LogP contribution in [0.25, 0.3) is 0 Å². The minimum atomic E-state index is -4.63. The Kier molecular flexibility index (Phi) is 53.7. The average molecular weight is 1050 g/mol. The van der Waals surface area contributed by atoms with Crippen molar-refractivity contribution in [1.82, 2.24) is 0 Å². The first-order chi connectivity index (χ1) is 35.5. The molecule has 0 saturated heterocycles. The second-order valence-corrected chi connectivity index (χ2v) is 23.8. The number of phosphoric acid groups is 1. The Labute approximate surface area is 452 Å². The number of carbonyl (C=O) groups is 2. The van der Waals surface area contributed by atoms with Crippen LogP contribution in [0, 0.1) is 0 Å². The van der Waals surface area contributed by atoms with Gasteiger partial charge in [-0.3, -0.25) is 14.2 Å². The molecule has 0 radical (unpaired) electrons. The van der Waals surface area contributed by atoms with Crippen LogP contribution in [0.1, 0.15) is 303 Å². The van der Waals surface area contributed by atoms with E-state index in [4.69, 9.17) is 18.5 Å². The Hall–Kier alpha value is -1.77. The minimum Gasteiger partial charge on any atom is -0.756 e. The zero-order chi connectivity index (χ0) is 53.5. The Balaban J connectivity index is 4.05. The third kappa shape index (κ3) is 59.3. The van der Waals surface area contributed by atoms with Crippen molar-refractivity contribution in [2.75, 3.05) is 47.5 Å².